The van der Waals surface area contributed by atoms with E-state index in [-0.39, 0.29) is 18.2 Å². The molecule has 0 radical (unpaired) electrons. The van der Waals surface area contributed by atoms with E-state index < -0.39 is 5.97 Å². The van der Waals surface area contributed by atoms with Gasteiger partial charge < -0.3 is 14.2 Å². The fourth-order valence-electron chi connectivity index (χ4n) is 3.68. The number of carbonyl (C=O) groups excluding carboxylic acids is 3. The minimum atomic E-state index is -0.618. The summed E-state index contributed by atoms with van der Waals surface area (Å²) in [5, 5.41) is 0. The van der Waals surface area contributed by atoms with Gasteiger partial charge in [0.25, 0.3) is 0 Å². The molecule has 0 fully saturated rings. The summed E-state index contributed by atoms with van der Waals surface area (Å²) in [4.78, 5) is 38.3. The fraction of sp³-hybridized carbons (Fsp3) is 0.281. The molecule has 0 aliphatic heterocycles. The number of ketones is 2. The molecule has 0 bridgehead atoms. The zero-order chi connectivity index (χ0) is 27.3. The topological polar surface area (TPSA) is 78.9 Å². The van der Waals surface area contributed by atoms with E-state index in [9.17, 15) is 14.4 Å². The van der Waals surface area contributed by atoms with Crippen LogP contribution in [0.3, 0.4) is 0 Å². The Hall–Kier alpha value is -4.19. The third-order valence-electron chi connectivity index (χ3n) is 5.91. The van der Waals surface area contributed by atoms with E-state index in [1.807, 2.05) is 0 Å². The highest BCUT2D eigenvalue weighted by molar-refractivity contribution is 6.12. The van der Waals surface area contributed by atoms with Gasteiger partial charge in [-0.3, -0.25) is 9.59 Å². The van der Waals surface area contributed by atoms with Crippen LogP contribution in [0.4, 0.5) is 0 Å². The van der Waals surface area contributed by atoms with Crippen LogP contribution in [-0.2, 0) is 16.1 Å². The second-order valence-corrected chi connectivity index (χ2v) is 8.79. The molecular weight excluding hydrogens is 480 g/mol. The number of esters is 1. The van der Waals surface area contributed by atoms with Crippen LogP contribution in [0.1, 0.15) is 76.9 Å². The van der Waals surface area contributed by atoms with E-state index in [1.165, 1.54) is 0 Å². The lowest BCUT2D eigenvalue weighted by atomic mass is 9.94. The third-order valence-corrected chi connectivity index (χ3v) is 5.91. The molecule has 0 atom stereocenters. The number of carbonyl (C=O) groups is 3. The Morgan fingerprint density at radius 3 is 1.71 bits per heavy atom. The summed E-state index contributed by atoms with van der Waals surface area (Å²) in [5.41, 5.74) is 2.10. The first kappa shape index (κ1) is 28.4. The Labute approximate surface area is 224 Å². The Kier molecular flexibility index (Phi) is 10.8. The van der Waals surface area contributed by atoms with Crippen molar-refractivity contribution < 1.29 is 28.6 Å². The average molecular weight is 515 g/mol. The summed E-state index contributed by atoms with van der Waals surface area (Å²) in [6.45, 7) is 8.67. The average Bonchev–Trinajstić information content (AvgIpc) is 2.96. The molecule has 6 nitrogen and oxygen atoms in total. The van der Waals surface area contributed by atoms with Crippen molar-refractivity contribution in [1.29, 1.82) is 0 Å². The molecule has 3 aromatic carbocycles. The molecule has 6 heteroatoms. The van der Waals surface area contributed by atoms with Crippen LogP contribution < -0.4 is 9.47 Å². The van der Waals surface area contributed by atoms with Crippen molar-refractivity contribution in [2.75, 3.05) is 13.2 Å². The maximum Gasteiger partial charge on any atom is 0.330 e. The van der Waals surface area contributed by atoms with E-state index in [4.69, 9.17) is 14.2 Å². The zero-order valence-electron chi connectivity index (χ0n) is 22.0. The van der Waals surface area contributed by atoms with Gasteiger partial charge in [0.1, 0.15) is 18.1 Å². The minimum Gasteiger partial charge on any atom is -0.494 e. The molecule has 38 heavy (non-hydrogen) atoms. The molecule has 0 amide bonds. The van der Waals surface area contributed by atoms with Gasteiger partial charge in [-0.2, -0.15) is 0 Å². The van der Waals surface area contributed by atoms with Gasteiger partial charge in [-0.1, -0.05) is 39.3 Å². The molecule has 3 aromatic rings. The van der Waals surface area contributed by atoms with Crippen LogP contribution in [0, 0.1) is 0 Å². The second-order valence-electron chi connectivity index (χ2n) is 8.79. The standard InChI is InChI=1S/C32H34O6/c1-4-7-19-36-27-14-9-23(10-15-27)31(34)25-13-18-29(26(21-25)22-38-30(33)6-3)32(35)24-11-16-28(17-12-24)37-20-8-5-2/h6,9-18,21H,3-5,7-8,19-20,22H2,1-2H3. The van der Waals surface area contributed by atoms with E-state index >= 15 is 0 Å². The summed E-state index contributed by atoms with van der Waals surface area (Å²) in [6.07, 6.45) is 5.04. The van der Waals surface area contributed by atoms with Crippen molar-refractivity contribution in [3.63, 3.8) is 0 Å². The number of ether oxygens (including phenoxy) is 3. The van der Waals surface area contributed by atoms with E-state index in [0.717, 1.165) is 31.8 Å². The van der Waals surface area contributed by atoms with Gasteiger partial charge >= 0.3 is 5.97 Å². The number of rotatable bonds is 15. The lowest BCUT2D eigenvalue weighted by Crippen LogP contribution is -2.11. The molecule has 3 rings (SSSR count). The Morgan fingerprint density at radius 1 is 0.711 bits per heavy atom. The van der Waals surface area contributed by atoms with Crippen molar-refractivity contribution in [3.8, 4) is 11.5 Å². The highest BCUT2D eigenvalue weighted by Gasteiger charge is 2.18. The fourth-order valence-corrected chi connectivity index (χ4v) is 3.68. The molecule has 0 heterocycles. The van der Waals surface area contributed by atoms with Gasteiger partial charge in [-0.25, -0.2) is 4.79 Å². The predicted molar refractivity (Wildman–Crippen MR) is 147 cm³/mol. The SMILES string of the molecule is C=CC(=O)OCc1cc(C(=O)c2ccc(OCCCC)cc2)ccc1C(=O)c1ccc(OCCCC)cc1. The van der Waals surface area contributed by atoms with Crippen LogP contribution in [-0.4, -0.2) is 30.7 Å². The quantitative estimate of drug-likeness (QED) is 0.0968. The van der Waals surface area contributed by atoms with Crippen molar-refractivity contribution in [3.05, 3.63) is 107 Å². The minimum absolute atomic E-state index is 0.171. The Bertz CT molecular complexity index is 1240. The van der Waals surface area contributed by atoms with E-state index in [2.05, 4.69) is 20.4 Å². The normalized spacial score (nSPS) is 10.5. The first-order chi connectivity index (χ1) is 18.5. The number of benzene rings is 3. The predicted octanol–water partition coefficient (Wildman–Crippen LogP) is 6.74. The molecule has 0 aliphatic carbocycles. The van der Waals surface area contributed by atoms with Crippen molar-refractivity contribution >= 4 is 17.5 Å². The lowest BCUT2D eigenvalue weighted by Gasteiger charge is -2.12. The molecule has 0 N–H and O–H groups in total. The van der Waals surface area contributed by atoms with Gasteiger partial charge in [0.2, 0.25) is 0 Å². The largest absolute Gasteiger partial charge is 0.494 e. The summed E-state index contributed by atoms with van der Waals surface area (Å²) >= 11 is 0. The monoisotopic (exact) mass is 514 g/mol. The molecule has 0 aromatic heterocycles. The molecular formula is C32H34O6. The molecule has 0 saturated heterocycles. The number of unbranched alkanes of at least 4 members (excludes halogenated alkanes) is 2. The van der Waals surface area contributed by atoms with Crippen LogP contribution in [0.2, 0.25) is 0 Å². The van der Waals surface area contributed by atoms with Crippen molar-refractivity contribution in [1.82, 2.24) is 0 Å². The highest BCUT2D eigenvalue weighted by Crippen LogP contribution is 2.23. The Morgan fingerprint density at radius 2 is 1.21 bits per heavy atom. The van der Waals surface area contributed by atoms with Gasteiger partial charge in [0.05, 0.1) is 13.2 Å². The van der Waals surface area contributed by atoms with E-state index in [0.29, 0.717) is 52.5 Å². The smallest absolute Gasteiger partial charge is 0.330 e. The van der Waals surface area contributed by atoms with Crippen LogP contribution >= 0.6 is 0 Å². The summed E-state index contributed by atoms with van der Waals surface area (Å²) in [6, 6.07) is 18.7. The van der Waals surface area contributed by atoms with Crippen LogP contribution in [0.15, 0.2) is 79.4 Å². The molecule has 0 unspecified atom stereocenters. The maximum atomic E-state index is 13.3. The van der Waals surface area contributed by atoms with E-state index in [1.54, 1.807) is 66.7 Å². The van der Waals surface area contributed by atoms with Gasteiger partial charge in [-0.05, 0) is 73.5 Å². The van der Waals surface area contributed by atoms with Gasteiger partial charge in [0, 0.05) is 33.9 Å². The molecule has 198 valence electrons. The van der Waals surface area contributed by atoms with Crippen molar-refractivity contribution in [2.45, 2.75) is 46.1 Å². The lowest BCUT2D eigenvalue weighted by molar-refractivity contribution is -0.138. The molecule has 0 saturated carbocycles. The zero-order valence-corrected chi connectivity index (χ0v) is 22.0. The summed E-state index contributed by atoms with van der Waals surface area (Å²) in [7, 11) is 0. The first-order valence-corrected chi connectivity index (χ1v) is 12.9. The summed E-state index contributed by atoms with van der Waals surface area (Å²) in [5.74, 6) is 0.316. The molecule has 0 spiro atoms. The highest BCUT2D eigenvalue weighted by atomic mass is 16.5. The Balaban J connectivity index is 1.83. The number of hydrogen-bond acceptors (Lipinski definition) is 6. The van der Waals surface area contributed by atoms with Crippen LogP contribution in [0.5, 0.6) is 11.5 Å². The second kappa shape index (κ2) is 14.5. The molecule has 0 aliphatic rings. The van der Waals surface area contributed by atoms with Gasteiger partial charge in [-0.15, -0.1) is 0 Å². The van der Waals surface area contributed by atoms with Crippen molar-refractivity contribution in [2.24, 2.45) is 0 Å². The van der Waals surface area contributed by atoms with Crippen LogP contribution in [0.25, 0.3) is 0 Å². The first-order valence-electron chi connectivity index (χ1n) is 12.9. The van der Waals surface area contributed by atoms with Gasteiger partial charge in [0.15, 0.2) is 11.6 Å². The third kappa shape index (κ3) is 7.90. The maximum absolute atomic E-state index is 13.3. The number of hydrogen-bond donors (Lipinski definition) is 0. The summed E-state index contributed by atoms with van der Waals surface area (Å²) < 4.78 is 16.6.